The fourth-order valence-electron chi connectivity index (χ4n) is 3.57. The van der Waals surface area contributed by atoms with Crippen LogP contribution in [0.1, 0.15) is 5.56 Å². The highest BCUT2D eigenvalue weighted by Gasteiger charge is 2.18. The van der Waals surface area contributed by atoms with Crippen molar-refractivity contribution in [3.63, 3.8) is 0 Å². The number of nitrogens with one attached hydrogen (secondary N) is 3. The second-order valence-corrected chi connectivity index (χ2v) is 7.71. The molecule has 0 fully saturated rings. The fourth-order valence-corrected chi connectivity index (χ4v) is 3.57. The molecule has 0 unspecified atom stereocenters. The molecular weight excluding hydrogens is 418 g/mol. The van der Waals surface area contributed by atoms with Gasteiger partial charge in [-0.3, -0.25) is 9.20 Å². The number of aryl methyl sites for hydroxylation is 1. The molecule has 4 aromatic rings. The molecular formula is C24H26N7O2+. The van der Waals surface area contributed by atoms with Gasteiger partial charge in [0.15, 0.2) is 5.69 Å². The summed E-state index contributed by atoms with van der Waals surface area (Å²) in [7, 11) is 5.53. The number of imidazole rings is 1. The molecule has 0 radical (unpaired) electrons. The van der Waals surface area contributed by atoms with Crippen LogP contribution in [0.5, 0.6) is 5.75 Å². The van der Waals surface area contributed by atoms with Gasteiger partial charge in [0.25, 0.3) is 0 Å². The Morgan fingerprint density at radius 2 is 2.03 bits per heavy atom. The van der Waals surface area contributed by atoms with Crippen molar-refractivity contribution in [2.75, 3.05) is 31.8 Å². The highest BCUT2D eigenvalue weighted by molar-refractivity contribution is 6.01. The molecule has 168 valence electrons. The van der Waals surface area contributed by atoms with Crippen LogP contribution in [-0.2, 0) is 4.79 Å². The van der Waals surface area contributed by atoms with Gasteiger partial charge in [-0.05, 0) is 36.8 Å². The van der Waals surface area contributed by atoms with Crippen LogP contribution in [0.25, 0.3) is 17.0 Å². The lowest BCUT2D eigenvalue weighted by molar-refractivity contribution is -0.785. The number of carbonyl (C=O) groups excluding carboxylic acids is 1. The molecule has 4 rings (SSSR count). The van der Waals surface area contributed by atoms with Crippen LogP contribution in [0.15, 0.2) is 61.6 Å². The van der Waals surface area contributed by atoms with Crippen molar-refractivity contribution in [3.8, 4) is 17.1 Å². The molecule has 0 aliphatic rings. The van der Waals surface area contributed by atoms with E-state index in [-0.39, 0.29) is 5.91 Å². The van der Waals surface area contributed by atoms with Gasteiger partial charge in [0.1, 0.15) is 17.1 Å². The van der Waals surface area contributed by atoms with Gasteiger partial charge in [-0.2, -0.15) is 0 Å². The van der Waals surface area contributed by atoms with Crippen LogP contribution >= 0.6 is 0 Å². The number of carbonyl (C=O) groups is 1. The zero-order chi connectivity index (χ0) is 23.5. The van der Waals surface area contributed by atoms with E-state index in [4.69, 9.17) is 4.74 Å². The molecule has 9 heteroatoms. The monoisotopic (exact) mass is 444 g/mol. The number of pyridine rings is 1. The second-order valence-electron chi connectivity index (χ2n) is 7.71. The fraction of sp³-hybridized carbons (Fsp3) is 0.167. The first-order valence-corrected chi connectivity index (χ1v) is 10.4. The Kier molecular flexibility index (Phi) is 6.05. The highest BCUT2D eigenvalue weighted by atomic mass is 16.5. The molecule has 33 heavy (non-hydrogen) atoms. The van der Waals surface area contributed by atoms with Gasteiger partial charge >= 0.3 is 0 Å². The number of amides is 1. The van der Waals surface area contributed by atoms with Gasteiger partial charge in [0.05, 0.1) is 44.5 Å². The smallest absolute Gasteiger partial charge is 0.247 e. The Labute approximate surface area is 191 Å². The van der Waals surface area contributed by atoms with Crippen LogP contribution in [0.2, 0.25) is 0 Å². The first kappa shape index (κ1) is 22.0. The zero-order valence-corrected chi connectivity index (χ0v) is 19.0. The van der Waals surface area contributed by atoms with Crippen LogP contribution in [0.4, 0.5) is 23.0 Å². The number of fused-ring (bicyclic) bond motifs is 1. The van der Waals surface area contributed by atoms with Crippen molar-refractivity contribution in [2.24, 2.45) is 0 Å². The van der Waals surface area contributed by atoms with Crippen molar-refractivity contribution in [1.82, 2.24) is 19.4 Å². The Morgan fingerprint density at radius 1 is 1.21 bits per heavy atom. The number of hydrogen-bond donors (Lipinski definition) is 3. The predicted octanol–water partition coefficient (Wildman–Crippen LogP) is 2.75. The summed E-state index contributed by atoms with van der Waals surface area (Å²) in [5.41, 5.74) is 5.66. The van der Waals surface area contributed by atoms with Crippen LogP contribution < -0.4 is 20.3 Å². The van der Waals surface area contributed by atoms with E-state index in [1.165, 1.54) is 6.08 Å². The van der Waals surface area contributed by atoms with E-state index in [1.54, 1.807) is 25.6 Å². The molecule has 9 nitrogen and oxygen atoms in total. The summed E-state index contributed by atoms with van der Waals surface area (Å²) in [6.07, 6.45) is 6.67. The largest absolute Gasteiger partial charge is 0.494 e. The quantitative estimate of drug-likeness (QED) is 0.379. The lowest BCUT2D eigenvalue weighted by atomic mass is 10.2. The molecule has 3 N–H and O–H groups in total. The summed E-state index contributed by atoms with van der Waals surface area (Å²) in [4.78, 5) is 26.6. The standard InChI is InChI=1S/C24H25N7O2/c1-6-22(32)27-17-12-18(21(33-5)13-19(17)30(3)4)29-24-25-10-9-16(28-24)20-14-26-23-15(2)8-7-11-31(20)23/h6-14H,1H2,2-5H3,(H,27,32)(H,25,28,29)/p+1. The summed E-state index contributed by atoms with van der Waals surface area (Å²) in [5, 5.41) is 6.07. The van der Waals surface area contributed by atoms with Crippen molar-refractivity contribution in [2.45, 2.75) is 6.92 Å². The lowest BCUT2D eigenvalue weighted by Gasteiger charge is -2.17. The number of methoxy groups -OCH3 is 1. The Hall–Kier alpha value is -4.24. The van der Waals surface area contributed by atoms with E-state index < -0.39 is 0 Å². The average Bonchev–Trinajstić information content (AvgIpc) is 3.25. The van der Waals surface area contributed by atoms with E-state index in [0.717, 1.165) is 33.2 Å². The van der Waals surface area contributed by atoms with Crippen molar-refractivity contribution in [3.05, 3.63) is 67.1 Å². The summed E-state index contributed by atoms with van der Waals surface area (Å²) >= 11 is 0. The highest BCUT2D eigenvalue weighted by Crippen LogP contribution is 2.34. The molecule has 3 heterocycles. The first-order chi connectivity index (χ1) is 15.9. The van der Waals surface area contributed by atoms with Gasteiger partial charge in [-0.15, -0.1) is 0 Å². The molecule has 3 aromatic heterocycles. The third-order valence-corrected chi connectivity index (χ3v) is 5.22. The van der Waals surface area contributed by atoms with E-state index in [2.05, 4.69) is 32.2 Å². The van der Waals surface area contributed by atoms with Crippen LogP contribution in [0, 0.1) is 6.92 Å². The maximum absolute atomic E-state index is 12.0. The molecule has 0 saturated heterocycles. The third-order valence-electron chi connectivity index (χ3n) is 5.22. The Bertz CT molecular complexity index is 1340. The number of nitrogens with zero attached hydrogens (tertiary/aromatic N) is 4. The van der Waals surface area contributed by atoms with Crippen LogP contribution in [-0.4, -0.2) is 46.5 Å². The lowest BCUT2D eigenvalue weighted by Crippen LogP contribution is -3.00. The molecule has 0 spiro atoms. The maximum Gasteiger partial charge on any atom is 0.247 e. The number of ether oxygens (including phenoxy) is 1. The Morgan fingerprint density at radius 3 is 2.76 bits per heavy atom. The van der Waals surface area contributed by atoms with E-state index in [9.17, 15) is 4.79 Å². The minimum Gasteiger partial charge on any atom is -0.494 e. The molecule has 0 aliphatic carbocycles. The predicted molar refractivity (Wildman–Crippen MR) is 129 cm³/mol. The minimum atomic E-state index is -0.297. The summed E-state index contributed by atoms with van der Waals surface area (Å²) < 4.78 is 7.59. The first-order valence-electron chi connectivity index (χ1n) is 10.4. The molecule has 0 bridgehead atoms. The topological polar surface area (TPSA) is 97.9 Å². The van der Waals surface area contributed by atoms with Crippen molar-refractivity contribution in [1.29, 1.82) is 0 Å². The summed E-state index contributed by atoms with van der Waals surface area (Å²) in [6.45, 7) is 5.55. The maximum atomic E-state index is 12.0. The van der Waals surface area contributed by atoms with Crippen molar-refractivity contribution >= 4 is 34.6 Å². The number of aromatic nitrogens is 4. The van der Waals surface area contributed by atoms with E-state index in [0.29, 0.717) is 23.1 Å². The number of hydrogen-bond acceptors (Lipinski definition) is 6. The molecule has 1 aromatic carbocycles. The van der Waals surface area contributed by atoms with E-state index >= 15 is 0 Å². The normalized spacial score (nSPS) is 10.9. The van der Waals surface area contributed by atoms with Gasteiger partial charge in [-0.1, -0.05) is 12.6 Å². The molecule has 0 atom stereocenters. The van der Waals surface area contributed by atoms with Crippen molar-refractivity contribution < 1.29 is 14.4 Å². The molecule has 0 saturated carbocycles. The van der Waals surface area contributed by atoms with Crippen LogP contribution in [0.3, 0.4) is 0 Å². The SMILES string of the molecule is C=CC(=O)Nc1cc(Nc2nccc(-c3cnc4c(C)cccn34)n2)c(OC)cc1[NH+](C)C. The number of quaternary nitrogens is 1. The number of benzene rings is 1. The van der Waals surface area contributed by atoms with Gasteiger partial charge in [0, 0.05) is 18.5 Å². The summed E-state index contributed by atoms with van der Waals surface area (Å²) in [5.74, 6) is 0.691. The second kappa shape index (κ2) is 9.09. The van der Waals surface area contributed by atoms with E-state index in [1.807, 2.05) is 55.9 Å². The average molecular weight is 445 g/mol. The molecule has 1 amide bonds. The Balaban J connectivity index is 1.73. The molecule has 0 aliphatic heterocycles. The minimum absolute atomic E-state index is 0.297. The number of anilines is 3. The number of rotatable bonds is 7. The van der Waals surface area contributed by atoms with Gasteiger partial charge < -0.3 is 20.3 Å². The van der Waals surface area contributed by atoms with Gasteiger partial charge in [0.2, 0.25) is 11.9 Å². The third kappa shape index (κ3) is 4.39. The zero-order valence-electron chi connectivity index (χ0n) is 19.0. The van der Waals surface area contributed by atoms with Gasteiger partial charge in [-0.25, -0.2) is 15.0 Å². The summed E-state index contributed by atoms with van der Waals surface area (Å²) in [6, 6.07) is 9.51.